The van der Waals surface area contributed by atoms with Crippen LogP contribution in [0.15, 0.2) is 21.9 Å². The molecule has 2 fully saturated rings. The normalized spacial score (nSPS) is 37.6. The van der Waals surface area contributed by atoms with Crippen LogP contribution in [-0.2, 0) is 24.7 Å². The van der Waals surface area contributed by atoms with E-state index in [9.17, 15) is 49.8 Å². The zero-order chi connectivity index (χ0) is 27.1. The van der Waals surface area contributed by atoms with Crippen molar-refractivity contribution >= 4 is 11.9 Å². The predicted molar refractivity (Wildman–Crippen MR) is 115 cm³/mol. The van der Waals surface area contributed by atoms with Crippen molar-refractivity contribution in [1.29, 1.82) is 0 Å². The lowest BCUT2D eigenvalue weighted by atomic mass is 9.84. The molecule has 16 nitrogen and oxygen atoms in total. The molecule has 10 atom stereocenters. The summed E-state index contributed by atoms with van der Waals surface area (Å²) in [6.07, 6.45) is -12.6. The molecule has 2 saturated heterocycles. The number of rotatable bonds is 7. The van der Waals surface area contributed by atoms with E-state index < -0.39 is 96.9 Å². The van der Waals surface area contributed by atoms with Gasteiger partial charge in [-0.05, 0) is 6.92 Å². The third-order valence-corrected chi connectivity index (χ3v) is 6.39. The Morgan fingerprint density at radius 2 is 1.78 bits per heavy atom. The highest BCUT2D eigenvalue weighted by Crippen LogP contribution is 2.43. The van der Waals surface area contributed by atoms with Crippen molar-refractivity contribution < 1.29 is 54.4 Å². The van der Waals surface area contributed by atoms with Crippen LogP contribution in [-0.4, -0.2) is 120 Å². The number of aliphatic hydroxyl groups excluding tert-OH is 5. The molecule has 202 valence electrons. The van der Waals surface area contributed by atoms with Crippen LogP contribution in [0.1, 0.15) is 18.6 Å². The molecule has 0 spiro atoms. The number of carbonyl (C=O) groups is 2. The maximum atomic E-state index is 13.2. The molecular weight excluding hydrogens is 490 g/mol. The van der Waals surface area contributed by atoms with E-state index in [1.165, 1.54) is 0 Å². The summed E-state index contributed by atoms with van der Waals surface area (Å²) in [5.41, 5.74) is 1.40. The van der Waals surface area contributed by atoms with Crippen LogP contribution in [0.3, 0.4) is 0 Å². The first-order chi connectivity index (χ1) is 16.8. The number of aromatic nitrogens is 2. The molecule has 1 unspecified atom stereocenters. The highest BCUT2D eigenvalue weighted by atomic mass is 16.6. The zero-order valence-corrected chi connectivity index (χ0v) is 19.3. The molecular formula is C20H29N3O13. The Balaban J connectivity index is 2.26. The van der Waals surface area contributed by atoms with Gasteiger partial charge in [0.2, 0.25) is 11.6 Å². The molecule has 36 heavy (non-hydrogen) atoms. The molecule has 0 radical (unpaired) electrons. The van der Waals surface area contributed by atoms with E-state index in [1.54, 1.807) is 0 Å². The van der Waals surface area contributed by atoms with Crippen LogP contribution >= 0.6 is 0 Å². The highest BCUT2D eigenvalue weighted by Gasteiger charge is 2.65. The Morgan fingerprint density at radius 3 is 2.28 bits per heavy atom. The maximum Gasteiger partial charge on any atom is 0.340 e. The van der Waals surface area contributed by atoms with Crippen LogP contribution in [0.5, 0.6) is 0 Å². The van der Waals surface area contributed by atoms with Gasteiger partial charge in [0.1, 0.15) is 42.7 Å². The van der Waals surface area contributed by atoms with Crippen LogP contribution < -0.4 is 17.0 Å². The smallest absolute Gasteiger partial charge is 0.340 e. The molecule has 2 aliphatic rings. The summed E-state index contributed by atoms with van der Waals surface area (Å²) >= 11 is 0. The Hall–Kier alpha value is -2.54. The summed E-state index contributed by atoms with van der Waals surface area (Å²) in [5.74, 6) is -2.40. The summed E-state index contributed by atoms with van der Waals surface area (Å²) in [6.45, 7) is 0.363. The third-order valence-electron chi connectivity index (χ3n) is 6.39. The minimum atomic E-state index is -2.55. The first-order valence-electron chi connectivity index (χ1n) is 10.9. The van der Waals surface area contributed by atoms with Gasteiger partial charge in [0.25, 0.3) is 5.56 Å². The van der Waals surface area contributed by atoms with Gasteiger partial charge in [-0.1, -0.05) is 0 Å². The van der Waals surface area contributed by atoms with Crippen molar-refractivity contribution in [2.45, 2.75) is 74.4 Å². The van der Waals surface area contributed by atoms with Gasteiger partial charge in [-0.15, -0.1) is 0 Å². The molecule has 2 aliphatic heterocycles. The number of hydrogen-bond acceptors (Lipinski definition) is 13. The summed E-state index contributed by atoms with van der Waals surface area (Å²) in [4.78, 5) is 48.8. The fraction of sp³-hybridized carbons (Fsp3) is 0.700. The standard InChI is InChI=1S/C20H29N3O13/c1-7(18(31)32)34-15-12(21)17(35-9(5-24)13(15)28)20(16(30)14(29)10(6-25)36-20)22-4-3-11(27)23(8(2)26)19(22)33/h3-4,7,9-10,12-17,24-25,28-30H,5-6,21H2,1-2H3,(H,31,32)/t7-,9-,10-,12-,13-,14-,15-,16-,17?,20+/m1/s1. The number of carbonyl (C=O) groups excluding carboxylic acids is 1. The average Bonchev–Trinajstić information content (AvgIpc) is 3.07. The maximum absolute atomic E-state index is 13.2. The van der Waals surface area contributed by atoms with E-state index in [-0.39, 0.29) is 4.57 Å². The largest absolute Gasteiger partial charge is 0.479 e. The second-order valence-electron chi connectivity index (χ2n) is 8.61. The number of aliphatic hydroxyl groups is 5. The second-order valence-corrected chi connectivity index (χ2v) is 8.61. The number of nitrogens with two attached hydrogens (primary N) is 1. The molecule has 0 bridgehead atoms. The number of carboxylic acids is 1. The number of ether oxygens (including phenoxy) is 3. The predicted octanol–water partition coefficient (Wildman–Crippen LogP) is -5.26. The Morgan fingerprint density at radius 1 is 1.17 bits per heavy atom. The highest BCUT2D eigenvalue weighted by molar-refractivity contribution is 5.75. The molecule has 1 aromatic rings. The SMILES string of the molecule is CC(=O)n1c(=O)ccn([C@]2(C3O[C@H](CO)[C@@H](O)[C@H](O[C@H](C)C(=O)O)[C@H]3N)O[C@H](CO)[C@@H](O)[C@H]2O)c1=O. The van der Waals surface area contributed by atoms with Crippen molar-refractivity contribution in [3.05, 3.63) is 33.1 Å². The molecule has 3 rings (SSSR count). The van der Waals surface area contributed by atoms with Crippen molar-refractivity contribution in [1.82, 2.24) is 9.13 Å². The molecule has 8 N–H and O–H groups in total. The summed E-state index contributed by atoms with van der Waals surface area (Å²) in [6, 6.07) is -0.791. The monoisotopic (exact) mass is 519 g/mol. The van der Waals surface area contributed by atoms with Crippen molar-refractivity contribution in [2.24, 2.45) is 5.73 Å². The molecule has 1 aromatic heterocycles. The number of nitrogens with zero attached hydrogens (tertiary/aromatic N) is 2. The Labute approximate surface area is 202 Å². The first-order valence-corrected chi connectivity index (χ1v) is 10.9. The van der Waals surface area contributed by atoms with Gasteiger partial charge in [0, 0.05) is 19.2 Å². The fourth-order valence-corrected chi connectivity index (χ4v) is 4.54. The quantitative estimate of drug-likeness (QED) is 0.178. The second kappa shape index (κ2) is 10.4. The average molecular weight is 519 g/mol. The van der Waals surface area contributed by atoms with Crippen molar-refractivity contribution in [3.8, 4) is 0 Å². The molecule has 3 heterocycles. The molecule has 16 heteroatoms. The Kier molecular flexibility index (Phi) is 8.13. The van der Waals surface area contributed by atoms with E-state index in [1.807, 2.05) is 0 Å². The molecule has 0 aromatic carbocycles. The molecule has 0 aliphatic carbocycles. The fourth-order valence-electron chi connectivity index (χ4n) is 4.54. The van der Waals surface area contributed by atoms with E-state index in [0.717, 1.165) is 26.1 Å². The van der Waals surface area contributed by atoms with E-state index >= 15 is 0 Å². The van der Waals surface area contributed by atoms with Gasteiger partial charge in [0.15, 0.2) is 6.10 Å². The summed E-state index contributed by atoms with van der Waals surface area (Å²) in [5, 5.41) is 61.1. The lowest BCUT2D eigenvalue weighted by Gasteiger charge is -2.50. The minimum Gasteiger partial charge on any atom is -0.479 e. The van der Waals surface area contributed by atoms with Crippen LogP contribution in [0.4, 0.5) is 0 Å². The van der Waals surface area contributed by atoms with Gasteiger partial charge in [-0.2, -0.15) is 4.57 Å². The van der Waals surface area contributed by atoms with Gasteiger partial charge in [0.05, 0.1) is 19.3 Å². The van der Waals surface area contributed by atoms with Gasteiger partial charge < -0.3 is 50.6 Å². The zero-order valence-electron chi connectivity index (χ0n) is 19.3. The van der Waals surface area contributed by atoms with Crippen LogP contribution in [0, 0.1) is 0 Å². The van der Waals surface area contributed by atoms with Crippen molar-refractivity contribution in [2.75, 3.05) is 13.2 Å². The van der Waals surface area contributed by atoms with Gasteiger partial charge in [-0.25, -0.2) is 9.59 Å². The Bertz CT molecular complexity index is 1110. The van der Waals surface area contributed by atoms with Crippen LogP contribution in [0.2, 0.25) is 0 Å². The van der Waals surface area contributed by atoms with Gasteiger partial charge in [-0.3, -0.25) is 14.2 Å². The topological polar surface area (TPSA) is 253 Å². The van der Waals surface area contributed by atoms with Crippen molar-refractivity contribution in [3.63, 3.8) is 0 Å². The number of hydrogen-bond donors (Lipinski definition) is 7. The number of carboxylic acid groups (broad SMARTS) is 1. The van der Waals surface area contributed by atoms with Gasteiger partial charge >= 0.3 is 11.7 Å². The lowest BCUT2D eigenvalue weighted by Crippen LogP contribution is -2.72. The number of aliphatic carboxylic acids is 1. The van der Waals surface area contributed by atoms with Crippen LogP contribution in [0.25, 0.3) is 0 Å². The van der Waals surface area contributed by atoms with E-state index in [0.29, 0.717) is 4.57 Å². The summed E-state index contributed by atoms with van der Waals surface area (Å²) < 4.78 is 17.6. The summed E-state index contributed by atoms with van der Waals surface area (Å²) in [7, 11) is 0. The minimum absolute atomic E-state index is 0.212. The van der Waals surface area contributed by atoms with E-state index in [4.69, 9.17) is 19.9 Å². The first kappa shape index (κ1) is 28.0. The van der Waals surface area contributed by atoms with E-state index in [2.05, 4.69) is 0 Å². The lowest BCUT2D eigenvalue weighted by molar-refractivity contribution is -0.291. The molecule has 0 saturated carbocycles. The third kappa shape index (κ3) is 4.40. The molecule has 0 amide bonds.